The lowest BCUT2D eigenvalue weighted by atomic mass is 9.84. The number of hydrogen-bond acceptors (Lipinski definition) is 3. The average molecular weight is 322 g/mol. The van der Waals surface area contributed by atoms with Gasteiger partial charge in [-0.2, -0.15) is 0 Å². The average Bonchev–Trinajstić information content (AvgIpc) is 2.76. The minimum Gasteiger partial charge on any atom is -0.347 e. The second kappa shape index (κ2) is 6.25. The summed E-state index contributed by atoms with van der Waals surface area (Å²) in [5.74, 6) is 0. The number of aliphatic imine (C=N–C) groups is 1. The van der Waals surface area contributed by atoms with Gasteiger partial charge in [-0.15, -0.1) is 11.8 Å². The SMILES string of the molecule is CSc1ccccc1N=C/C=C1/N(C)c2ccccc2C1(C)C. The maximum atomic E-state index is 4.65. The van der Waals surface area contributed by atoms with Gasteiger partial charge in [0.2, 0.25) is 0 Å². The molecule has 1 aliphatic heterocycles. The number of benzene rings is 2. The number of thioether (sulfide) groups is 1. The van der Waals surface area contributed by atoms with Crippen LogP contribution in [-0.4, -0.2) is 19.5 Å². The molecule has 0 bridgehead atoms. The van der Waals surface area contributed by atoms with Gasteiger partial charge in [0.25, 0.3) is 0 Å². The standard InChI is InChI=1S/C20H22N2S/c1-20(2)15-9-5-7-11-17(15)22(3)19(20)13-14-21-16-10-6-8-12-18(16)23-4/h5-14H,1-4H3/b19-13+,21-14?. The Balaban J connectivity index is 1.93. The second-order valence-electron chi connectivity index (χ2n) is 6.20. The van der Waals surface area contributed by atoms with Crippen LogP contribution in [0.3, 0.4) is 0 Å². The molecule has 0 saturated carbocycles. The number of likely N-dealkylation sites (N-methyl/N-ethyl adjacent to an activating group) is 1. The largest absolute Gasteiger partial charge is 0.347 e. The van der Waals surface area contributed by atoms with Crippen molar-refractivity contribution in [3.8, 4) is 0 Å². The molecule has 118 valence electrons. The Morgan fingerprint density at radius 2 is 1.74 bits per heavy atom. The molecule has 0 radical (unpaired) electrons. The Morgan fingerprint density at radius 3 is 2.48 bits per heavy atom. The van der Waals surface area contributed by atoms with Crippen LogP contribution in [-0.2, 0) is 5.41 Å². The molecule has 2 nitrogen and oxygen atoms in total. The molecule has 2 aromatic carbocycles. The fraction of sp³-hybridized carbons (Fsp3) is 0.250. The van der Waals surface area contributed by atoms with Gasteiger partial charge >= 0.3 is 0 Å². The van der Waals surface area contributed by atoms with Crippen LogP contribution in [0, 0.1) is 0 Å². The van der Waals surface area contributed by atoms with Crippen molar-refractivity contribution in [3.63, 3.8) is 0 Å². The van der Waals surface area contributed by atoms with Gasteiger partial charge in [-0.1, -0.05) is 44.2 Å². The molecule has 0 aromatic heterocycles. The highest BCUT2D eigenvalue weighted by Crippen LogP contribution is 2.46. The number of fused-ring (bicyclic) bond motifs is 1. The van der Waals surface area contributed by atoms with Crippen LogP contribution >= 0.6 is 11.8 Å². The third kappa shape index (κ3) is 2.81. The first-order valence-electron chi connectivity index (χ1n) is 7.77. The zero-order valence-electron chi connectivity index (χ0n) is 14.1. The third-order valence-electron chi connectivity index (χ3n) is 4.47. The van der Waals surface area contributed by atoms with Gasteiger partial charge in [0, 0.05) is 35.0 Å². The van der Waals surface area contributed by atoms with Crippen molar-refractivity contribution < 1.29 is 0 Å². The predicted octanol–water partition coefficient (Wildman–Crippen LogP) is 5.42. The summed E-state index contributed by atoms with van der Waals surface area (Å²) in [5, 5.41) is 0. The van der Waals surface area contributed by atoms with Crippen molar-refractivity contribution >= 4 is 29.4 Å². The number of hydrogen-bond donors (Lipinski definition) is 0. The van der Waals surface area contributed by atoms with Crippen LogP contribution in [0.5, 0.6) is 0 Å². The molecule has 1 aliphatic rings. The van der Waals surface area contributed by atoms with Crippen LogP contribution in [0.2, 0.25) is 0 Å². The Bertz CT molecular complexity index is 775. The first kappa shape index (κ1) is 15.9. The minimum atomic E-state index is -0.00358. The Labute approximate surface area is 142 Å². The zero-order chi connectivity index (χ0) is 16.4. The van der Waals surface area contributed by atoms with Crippen LogP contribution in [0.4, 0.5) is 11.4 Å². The smallest absolute Gasteiger partial charge is 0.0765 e. The summed E-state index contributed by atoms with van der Waals surface area (Å²) < 4.78 is 0. The number of nitrogens with zero attached hydrogens (tertiary/aromatic N) is 2. The molecule has 0 saturated heterocycles. The van der Waals surface area contributed by atoms with Gasteiger partial charge in [0.15, 0.2) is 0 Å². The molecule has 0 fully saturated rings. The summed E-state index contributed by atoms with van der Waals surface area (Å²) in [6, 6.07) is 16.8. The van der Waals surface area contributed by atoms with E-state index in [2.05, 4.69) is 79.5 Å². The summed E-state index contributed by atoms with van der Waals surface area (Å²) in [5.41, 5.74) is 4.93. The highest BCUT2D eigenvalue weighted by Gasteiger charge is 2.37. The van der Waals surface area contributed by atoms with Crippen LogP contribution in [0.15, 0.2) is 70.2 Å². The summed E-state index contributed by atoms with van der Waals surface area (Å²) in [6.07, 6.45) is 6.14. The number of rotatable bonds is 3. The molecule has 1 heterocycles. The lowest BCUT2D eigenvalue weighted by molar-refractivity contribution is 0.641. The normalized spacial score (nSPS) is 17.9. The van der Waals surface area contributed by atoms with Crippen molar-refractivity contribution in [2.75, 3.05) is 18.2 Å². The highest BCUT2D eigenvalue weighted by molar-refractivity contribution is 7.98. The predicted molar refractivity (Wildman–Crippen MR) is 102 cm³/mol. The fourth-order valence-corrected chi connectivity index (χ4v) is 3.77. The molecule has 0 spiro atoms. The van der Waals surface area contributed by atoms with Crippen LogP contribution in [0.1, 0.15) is 19.4 Å². The van der Waals surface area contributed by atoms with Crippen molar-refractivity contribution in [3.05, 3.63) is 65.9 Å². The van der Waals surface area contributed by atoms with E-state index in [-0.39, 0.29) is 5.41 Å². The molecule has 0 unspecified atom stereocenters. The number of allylic oxidation sites excluding steroid dienone is 2. The quantitative estimate of drug-likeness (QED) is 0.553. The molecule has 2 aromatic rings. The van der Waals surface area contributed by atoms with Gasteiger partial charge in [-0.3, -0.25) is 4.99 Å². The van der Waals surface area contributed by atoms with Crippen LogP contribution in [0.25, 0.3) is 0 Å². The van der Waals surface area contributed by atoms with E-state index >= 15 is 0 Å². The zero-order valence-corrected chi connectivity index (χ0v) is 14.9. The van der Waals surface area contributed by atoms with E-state index in [0.29, 0.717) is 0 Å². The minimum absolute atomic E-state index is 0.00358. The Hall–Kier alpha value is -2.00. The molecular weight excluding hydrogens is 300 g/mol. The van der Waals surface area contributed by atoms with Crippen molar-refractivity contribution in [2.45, 2.75) is 24.2 Å². The molecule has 23 heavy (non-hydrogen) atoms. The Kier molecular flexibility index (Phi) is 4.31. The van der Waals surface area contributed by atoms with Gasteiger partial charge in [-0.05, 0) is 36.1 Å². The van der Waals surface area contributed by atoms with E-state index in [1.807, 2.05) is 18.3 Å². The van der Waals surface area contributed by atoms with Crippen LogP contribution < -0.4 is 4.90 Å². The van der Waals surface area contributed by atoms with E-state index in [9.17, 15) is 0 Å². The molecular formula is C20H22N2S. The maximum Gasteiger partial charge on any atom is 0.0765 e. The second-order valence-corrected chi connectivity index (χ2v) is 7.05. The fourth-order valence-electron chi connectivity index (χ4n) is 3.23. The summed E-state index contributed by atoms with van der Waals surface area (Å²) in [4.78, 5) is 8.12. The van der Waals surface area contributed by atoms with Gasteiger partial charge in [0.05, 0.1) is 5.69 Å². The van der Waals surface area contributed by atoms with Crippen molar-refractivity contribution in [1.29, 1.82) is 0 Å². The topological polar surface area (TPSA) is 15.6 Å². The van der Waals surface area contributed by atoms with Gasteiger partial charge in [0.1, 0.15) is 0 Å². The molecule has 3 heteroatoms. The molecule has 0 N–H and O–H groups in total. The maximum absolute atomic E-state index is 4.65. The van der Waals surface area contributed by atoms with Crippen molar-refractivity contribution in [1.82, 2.24) is 0 Å². The van der Waals surface area contributed by atoms with E-state index in [0.717, 1.165) is 5.69 Å². The van der Waals surface area contributed by atoms with E-state index in [1.54, 1.807) is 11.8 Å². The molecule has 0 amide bonds. The molecule has 0 atom stereocenters. The summed E-state index contributed by atoms with van der Waals surface area (Å²) >= 11 is 1.72. The highest BCUT2D eigenvalue weighted by atomic mass is 32.2. The monoisotopic (exact) mass is 322 g/mol. The lowest BCUT2D eigenvalue weighted by Gasteiger charge is -2.23. The van der Waals surface area contributed by atoms with E-state index in [1.165, 1.54) is 21.8 Å². The summed E-state index contributed by atoms with van der Waals surface area (Å²) in [6.45, 7) is 4.54. The third-order valence-corrected chi connectivity index (χ3v) is 5.26. The van der Waals surface area contributed by atoms with E-state index < -0.39 is 0 Å². The summed E-state index contributed by atoms with van der Waals surface area (Å²) in [7, 11) is 2.13. The molecule has 3 rings (SSSR count). The Morgan fingerprint density at radius 1 is 1.04 bits per heavy atom. The lowest BCUT2D eigenvalue weighted by Crippen LogP contribution is -2.23. The number of anilines is 1. The van der Waals surface area contributed by atoms with Gasteiger partial charge < -0.3 is 4.90 Å². The van der Waals surface area contributed by atoms with Gasteiger partial charge in [-0.25, -0.2) is 0 Å². The first-order chi connectivity index (χ1) is 11.1. The van der Waals surface area contributed by atoms with E-state index in [4.69, 9.17) is 0 Å². The molecule has 0 aliphatic carbocycles. The first-order valence-corrected chi connectivity index (χ1v) is 8.99. The van der Waals surface area contributed by atoms with Crippen molar-refractivity contribution in [2.24, 2.45) is 4.99 Å². The number of para-hydroxylation sites is 2.